The summed E-state index contributed by atoms with van der Waals surface area (Å²) in [6.45, 7) is 2.57. The molecule has 14 heavy (non-hydrogen) atoms. The molecular formula is C10H20N2O2. The van der Waals surface area contributed by atoms with E-state index in [1.807, 2.05) is 6.92 Å². The molecule has 2 atom stereocenters. The molecule has 1 fully saturated rings. The summed E-state index contributed by atoms with van der Waals surface area (Å²) in [5.74, 6) is 0.620. The molecule has 1 rings (SSSR count). The van der Waals surface area contributed by atoms with E-state index in [-0.39, 0.29) is 11.9 Å². The van der Waals surface area contributed by atoms with Crippen LogP contribution in [0.4, 0.5) is 0 Å². The summed E-state index contributed by atoms with van der Waals surface area (Å²) in [4.78, 5) is 11.5. The van der Waals surface area contributed by atoms with Crippen molar-refractivity contribution in [1.29, 1.82) is 0 Å². The first kappa shape index (κ1) is 11.5. The number of carbonyl (C=O) groups is 1. The molecule has 1 saturated carbocycles. The van der Waals surface area contributed by atoms with Gasteiger partial charge in [-0.05, 0) is 32.1 Å². The molecule has 0 saturated heterocycles. The van der Waals surface area contributed by atoms with Crippen molar-refractivity contribution in [3.63, 3.8) is 0 Å². The second-order valence-electron chi connectivity index (χ2n) is 4.02. The van der Waals surface area contributed by atoms with Crippen molar-refractivity contribution in [3.05, 3.63) is 0 Å². The summed E-state index contributed by atoms with van der Waals surface area (Å²) in [6.07, 6.45) is 3.04. The molecule has 1 aliphatic carbocycles. The van der Waals surface area contributed by atoms with Gasteiger partial charge in [0.2, 0.25) is 5.91 Å². The predicted octanol–water partition coefficient (Wildman–Crippen LogP) is 0.265. The third kappa shape index (κ3) is 3.64. The molecule has 0 aliphatic heterocycles. The molecule has 0 aromatic heterocycles. The van der Waals surface area contributed by atoms with E-state index in [9.17, 15) is 4.79 Å². The maximum Gasteiger partial charge on any atom is 0.237 e. The quantitative estimate of drug-likeness (QED) is 0.646. The molecule has 2 unspecified atom stereocenters. The lowest BCUT2D eigenvalue weighted by atomic mass is 10.1. The standard InChI is InChI=1S/C10H20N2O2/c1-7(8-3-4-8)12-10(13)9(11)5-6-14-2/h7-9H,3-6,11H2,1-2H3,(H,12,13). The Morgan fingerprint density at radius 2 is 2.29 bits per heavy atom. The molecule has 0 heterocycles. The summed E-state index contributed by atoms with van der Waals surface area (Å²) in [5.41, 5.74) is 5.68. The van der Waals surface area contributed by atoms with Crippen molar-refractivity contribution in [3.8, 4) is 0 Å². The van der Waals surface area contributed by atoms with Crippen LogP contribution in [0.25, 0.3) is 0 Å². The van der Waals surface area contributed by atoms with E-state index in [1.165, 1.54) is 12.8 Å². The highest BCUT2D eigenvalue weighted by atomic mass is 16.5. The number of hydrogen-bond donors (Lipinski definition) is 2. The Hall–Kier alpha value is -0.610. The van der Waals surface area contributed by atoms with Gasteiger partial charge in [-0.1, -0.05) is 0 Å². The molecular weight excluding hydrogens is 180 g/mol. The lowest BCUT2D eigenvalue weighted by molar-refractivity contribution is -0.123. The van der Waals surface area contributed by atoms with E-state index in [0.29, 0.717) is 18.9 Å². The van der Waals surface area contributed by atoms with Crippen LogP contribution in [0.2, 0.25) is 0 Å². The lowest BCUT2D eigenvalue weighted by Gasteiger charge is -2.16. The van der Waals surface area contributed by atoms with Gasteiger partial charge in [0, 0.05) is 19.8 Å². The van der Waals surface area contributed by atoms with E-state index in [4.69, 9.17) is 10.5 Å². The van der Waals surface area contributed by atoms with Crippen molar-refractivity contribution < 1.29 is 9.53 Å². The van der Waals surface area contributed by atoms with Gasteiger partial charge in [0.05, 0.1) is 6.04 Å². The fraction of sp³-hybridized carbons (Fsp3) is 0.900. The maximum absolute atomic E-state index is 11.5. The molecule has 82 valence electrons. The SMILES string of the molecule is COCCC(N)C(=O)NC(C)C1CC1. The number of ether oxygens (including phenoxy) is 1. The number of carbonyl (C=O) groups excluding carboxylic acids is 1. The van der Waals surface area contributed by atoms with Crippen LogP contribution in [-0.2, 0) is 9.53 Å². The minimum absolute atomic E-state index is 0.0542. The fourth-order valence-electron chi connectivity index (χ4n) is 1.42. The highest BCUT2D eigenvalue weighted by Gasteiger charge is 2.29. The molecule has 3 N–H and O–H groups in total. The van der Waals surface area contributed by atoms with Crippen molar-refractivity contribution in [1.82, 2.24) is 5.32 Å². The summed E-state index contributed by atoms with van der Waals surface area (Å²) in [7, 11) is 1.61. The molecule has 0 spiro atoms. The Balaban J connectivity index is 2.18. The summed E-state index contributed by atoms with van der Waals surface area (Å²) < 4.78 is 4.87. The van der Waals surface area contributed by atoms with Gasteiger partial charge in [0.1, 0.15) is 0 Å². The largest absolute Gasteiger partial charge is 0.385 e. The van der Waals surface area contributed by atoms with Gasteiger partial charge in [-0.15, -0.1) is 0 Å². The smallest absolute Gasteiger partial charge is 0.237 e. The van der Waals surface area contributed by atoms with Crippen molar-refractivity contribution >= 4 is 5.91 Å². The fourth-order valence-corrected chi connectivity index (χ4v) is 1.42. The third-order valence-electron chi connectivity index (χ3n) is 2.67. The zero-order valence-electron chi connectivity index (χ0n) is 8.95. The van der Waals surface area contributed by atoms with Crippen LogP contribution in [-0.4, -0.2) is 31.7 Å². The molecule has 4 heteroatoms. The lowest BCUT2D eigenvalue weighted by Crippen LogP contribution is -2.45. The average molecular weight is 200 g/mol. The zero-order valence-corrected chi connectivity index (χ0v) is 8.95. The second kappa shape index (κ2) is 5.32. The minimum Gasteiger partial charge on any atom is -0.385 e. The van der Waals surface area contributed by atoms with Crippen LogP contribution < -0.4 is 11.1 Å². The average Bonchev–Trinajstić information content (AvgIpc) is 2.96. The molecule has 1 amide bonds. The Bertz CT molecular complexity index is 193. The van der Waals surface area contributed by atoms with E-state index in [1.54, 1.807) is 7.11 Å². The number of nitrogens with two attached hydrogens (primary N) is 1. The van der Waals surface area contributed by atoms with Gasteiger partial charge >= 0.3 is 0 Å². The van der Waals surface area contributed by atoms with E-state index in [2.05, 4.69) is 5.32 Å². The molecule has 0 aromatic rings. The van der Waals surface area contributed by atoms with Gasteiger partial charge in [0.15, 0.2) is 0 Å². The van der Waals surface area contributed by atoms with Crippen LogP contribution in [0.1, 0.15) is 26.2 Å². The van der Waals surface area contributed by atoms with Gasteiger partial charge in [-0.25, -0.2) is 0 Å². The molecule has 0 aromatic carbocycles. The molecule has 4 nitrogen and oxygen atoms in total. The molecule has 0 bridgehead atoms. The first-order valence-corrected chi connectivity index (χ1v) is 5.20. The van der Waals surface area contributed by atoms with Gasteiger partial charge < -0.3 is 15.8 Å². The van der Waals surface area contributed by atoms with Crippen LogP contribution in [0.15, 0.2) is 0 Å². The Morgan fingerprint density at radius 1 is 1.64 bits per heavy atom. The Kier molecular flexibility index (Phi) is 4.35. The summed E-state index contributed by atoms with van der Waals surface area (Å²) >= 11 is 0. The first-order chi connectivity index (χ1) is 6.65. The maximum atomic E-state index is 11.5. The van der Waals surface area contributed by atoms with Crippen LogP contribution in [0.3, 0.4) is 0 Å². The second-order valence-corrected chi connectivity index (χ2v) is 4.02. The summed E-state index contributed by atoms with van der Waals surface area (Å²) in [5, 5.41) is 2.93. The van der Waals surface area contributed by atoms with E-state index in [0.717, 1.165) is 0 Å². The van der Waals surface area contributed by atoms with Gasteiger partial charge in [-0.3, -0.25) is 4.79 Å². The molecule has 1 aliphatic rings. The third-order valence-corrected chi connectivity index (χ3v) is 2.67. The number of methoxy groups -OCH3 is 1. The first-order valence-electron chi connectivity index (χ1n) is 5.20. The van der Waals surface area contributed by atoms with Crippen LogP contribution >= 0.6 is 0 Å². The van der Waals surface area contributed by atoms with Crippen LogP contribution in [0, 0.1) is 5.92 Å². The Morgan fingerprint density at radius 3 is 2.79 bits per heavy atom. The highest BCUT2D eigenvalue weighted by molar-refractivity contribution is 5.81. The number of amides is 1. The monoisotopic (exact) mass is 200 g/mol. The predicted molar refractivity (Wildman–Crippen MR) is 54.8 cm³/mol. The molecule has 0 radical (unpaired) electrons. The highest BCUT2D eigenvalue weighted by Crippen LogP contribution is 2.32. The van der Waals surface area contributed by atoms with Gasteiger partial charge in [-0.2, -0.15) is 0 Å². The van der Waals surface area contributed by atoms with E-state index < -0.39 is 6.04 Å². The van der Waals surface area contributed by atoms with Crippen molar-refractivity contribution in [2.75, 3.05) is 13.7 Å². The minimum atomic E-state index is -0.434. The van der Waals surface area contributed by atoms with Crippen LogP contribution in [0.5, 0.6) is 0 Å². The van der Waals surface area contributed by atoms with E-state index >= 15 is 0 Å². The zero-order chi connectivity index (χ0) is 10.6. The Labute approximate surface area is 85.2 Å². The number of nitrogens with one attached hydrogen (secondary N) is 1. The normalized spacial score (nSPS) is 20.2. The topological polar surface area (TPSA) is 64.3 Å². The number of rotatable bonds is 6. The van der Waals surface area contributed by atoms with Crippen molar-refractivity contribution in [2.24, 2.45) is 11.7 Å². The summed E-state index contributed by atoms with van der Waals surface area (Å²) in [6, 6.07) is -0.160. The number of hydrogen-bond acceptors (Lipinski definition) is 3. The van der Waals surface area contributed by atoms with Crippen molar-refractivity contribution in [2.45, 2.75) is 38.3 Å². The van der Waals surface area contributed by atoms with Gasteiger partial charge in [0.25, 0.3) is 0 Å².